The van der Waals surface area contributed by atoms with E-state index in [0.717, 1.165) is 38.9 Å². The van der Waals surface area contributed by atoms with E-state index in [-0.39, 0.29) is 18.1 Å². The number of nitrogen functional groups attached to an aromatic ring is 1. The predicted octanol–water partition coefficient (Wildman–Crippen LogP) is 4.73. The fourth-order valence-electron chi connectivity index (χ4n) is 3.48. The van der Waals surface area contributed by atoms with E-state index in [9.17, 15) is 0 Å². The first-order valence-corrected chi connectivity index (χ1v) is 9.53. The summed E-state index contributed by atoms with van der Waals surface area (Å²) in [4.78, 5) is 17.4. The molecule has 0 amide bonds. The number of hydrogen-bond donors (Lipinski definition) is 1. The highest BCUT2D eigenvalue weighted by Gasteiger charge is 2.19. The lowest BCUT2D eigenvalue weighted by Crippen LogP contribution is -2.11. The Bertz CT molecular complexity index is 1180. The van der Waals surface area contributed by atoms with Crippen LogP contribution in [0.5, 0.6) is 6.01 Å². The van der Waals surface area contributed by atoms with Crippen molar-refractivity contribution in [3.8, 4) is 17.3 Å². The molecule has 0 saturated heterocycles. The highest BCUT2D eigenvalue weighted by Crippen LogP contribution is 2.34. The highest BCUT2D eigenvalue weighted by molar-refractivity contribution is 5.86. The summed E-state index contributed by atoms with van der Waals surface area (Å²) in [6.45, 7) is 7.89. The number of aryl methyl sites for hydroxylation is 3. The summed E-state index contributed by atoms with van der Waals surface area (Å²) in [7, 11) is 0. The molecule has 2 aromatic heterocycles. The number of ether oxygens (including phenoxy) is 1. The lowest BCUT2D eigenvalue weighted by Gasteiger charge is -2.19. The van der Waals surface area contributed by atoms with Gasteiger partial charge in [-0.1, -0.05) is 42.5 Å². The Hall–Kier alpha value is -3.54. The van der Waals surface area contributed by atoms with Crippen LogP contribution in [0, 0.1) is 20.8 Å². The minimum Gasteiger partial charge on any atom is -0.455 e. The van der Waals surface area contributed by atoms with E-state index in [1.165, 1.54) is 0 Å². The number of para-hydroxylation sites is 1. The van der Waals surface area contributed by atoms with E-state index in [1.807, 2.05) is 25.1 Å². The first kappa shape index (κ1) is 18.8. The van der Waals surface area contributed by atoms with Gasteiger partial charge in [-0.05, 0) is 44.9 Å². The zero-order chi connectivity index (χ0) is 20.5. The molecular formula is C23H23N5O. The van der Waals surface area contributed by atoms with Crippen LogP contribution in [0.15, 0.2) is 48.5 Å². The Labute approximate surface area is 169 Å². The van der Waals surface area contributed by atoms with Gasteiger partial charge in [-0.15, -0.1) is 0 Å². The molecule has 2 aromatic carbocycles. The minimum absolute atomic E-state index is 0.145. The summed E-state index contributed by atoms with van der Waals surface area (Å²) in [5.41, 5.74) is 12.0. The van der Waals surface area contributed by atoms with Gasteiger partial charge in [-0.3, -0.25) is 0 Å². The van der Waals surface area contributed by atoms with Gasteiger partial charge < -0.3 is 10.5 Å². The number of nitrogens with zero attached hydrogens (tertiary/aromatic N) is 4. The van der Waals surface area contributed by atoms with Crippen molar-refractivity contribution in [3.05, 3.63) is 71.0 Å². The van der Waals surface area contributed by atoms with Crippen LogP contribution in [0.25, 0.3) is 22.2 Å². The number of nitrogens with two attached hydrogens (primary N) is 1. The minimum atomic E-state index is -0.330. The number of aromatic nitrogens is 4. The van der Waals surface area contributed by atoms with Gasteiger partial charge >= 0.3 is 6.01 Å². The lowest BCUT2D eigenvalue weighted by molar-refractivity contribution is 0.207. The van der Waals surface area contributed by atoms with Crippen molar-refractivity contribution in [3.63, 3.8) is 0 Å². The Balaban J connectivity index is 1.87. The summed E-state index contributed by atoms with van der Waals surface area (Å²) in [5, 5.41) is 1.07. The maximum atomic E-state index is 6.06. The molecule has 6 nitrogen and oxygen atoms in total. The predicted molar refractivity (Wildman–Crippen MR) is 115 cm³/mol. The number of fused-ring (bicyclic) bond motifs is 1. The highest BCUT2D eigenvalue weighted by atomic mass is 16.5. The van der Waals surface area contributed by atoms with Crippen molar-refractivity contribution < 1.29 is 4.74 Å². The molecule has 0 saturated carbocycles. The van der Waals surface area contributed by atoms with Gasteiger partial charge in [-0.2, -0.15) is 15.0 Å². The fraction of sp³-hybridized carbons (Fsp3) is 0.217. The Kier molecular flexibility index (Phi) is 4.84. The third-order valence-electron chi connectivity index (χ3n) is 4.94. The number of benzene rings is 2. The van der Waals surface area contributed by atoms with Crippen LogP contribution in [0.4, 0.5) is 5.95 Å². The molecule has 6 heteroatoms. The van der Waals surface area contributed by atoms with Crippen LogP contribution in [0.2, 0.25) is 0 Å². The summed E-state index contributed by atoms with van der Waals surface area (Å²) in [6.07, 6.45) is -0.330. The molecule has 0 spiro atoms. The van der Waals surface area contributed by atoms with E-state index < -0.39 is 0 Å². The van der Waals surface area contributed by atoms with E-state index in [0.29, 0.717) is 5.82 Å². The zero-order valence-electron chi connectivity index (χ0n) is 17.0. The second kappa shape index (κ2) is 7.47. The summed E-state index contributed by atoms with van der Waals surface area (Å²) in [6, 6.07) is 16.8. The van der Waals surface area contributed by atoms with Crippen LogP contribution in [-0.2, 0) is 0 Å². The van der Waals surface area contributed by atoms with Crippen molar-refractivity contribution in [2.45, 2.75) is 33.8 Å². The van der Waals surface area contributed by atoms with Crippen molar-refractivity contribution in [1.82, 2.24) is 19.9 Å². The molecule has 29 heavy (non-hydrogen) atoms. The van der Waals surface area contributed by atoms with Gasteiger partial charge in [0.2, 0.25) is 5.95 Å². The molecule has 0 radical (unpaired) electrons. The van der Waals surface area contributed by atoms with Gasteiger partial charge in [-0.25, -0.2) is 4.98 Å². The van der Waals surface area contributed by atoms with Crippen molar-refractivity contribution in [2.75, 3.05) is 5.73 Å². The molecule has 2 N–H and O–H groups in total. The SMILES string of the molecule is Cc1nc(N)nc(O[C@@H](C)c2cc3cccc(C)c3nc2-c2ccccc2C)n1. The van der Waals surface area contributed by atoms with Gasteiger partial charge in [0.25, 0.3) is 0 Å². The van der Waals surface area contributed by atoms with Crippen LogP contribution >= 0.6 is 0 Å². The molecule has 0 aliphatic carbocycles. The quantitative estimate of drug-likeness (QED) is 0.546. The topological polar surface area (TPSA) is 86.8 Å². The molecule has 0 fully saturated rings. The molecule has 2 heterocycles. The fourth-order valence-corrected chi connectivity index (χ4v) is 3.48. The van der Waals surface area contributed by atoms with Crippen LogP contribution in [0.3, 0.4) is 0 Å². The number of pyridine rings is 1. The smallest absolute Gasteiger partial charge is 0.322 e. The van der Waals surface area contributed by atoms with Gasteiger partial charge in [0.1, 0.15) is 11.9 Å². The average molecular weight is 385 g/mol. The zero-order valence-corrected chi connectivity index (χ0v) is 17.0. The van der Waals surface area contributed by atoms with Crippen molar-refractivity contribution >= 4 is 16.9 Å². The summed E-state index contributed by atoms with van der Waals surface area (Å²) < 4.78 is 6.06. The van der Waals surface area contributed by atoms with E-state index >= 15 is 0 Å². The number of anilines is 1. The van der Waals surface area contributed by atoms with Crippen LogP contribution < -0.4 is 10.5 Å². The maximum absolute atomic E-state index is 6.06. The second-order valence-electron chi connectivity index (χ2n) is 7.17. The third-order valence-corrected chi connectivity index (χ3v) is 4.94. The molecule has 4 aromatic rings. The monoisotopic (exact) mass is 385 g/mol. The Morgan fingerprint density at radius 2 is 1.62 bits per heavy atom. The standard InChI is InChI=1S/C23H23N5O/c1-13-8-5-6-11-18(13)21-19(12-17-10-7-9-14(2)20(17)27-21)15(3)29-23-26-16(4)25-22(24)28-23/h5-12,15H,1-4H3,(H2,24,25,26,28)/t15-/m0/s1. The first-order valence-electron chi connectivity index (χ1n) is 9.53. The van der Waals surface area contributed by atoms with Crippen LogP contribution in [0.1, 0.15) is 35.5 Å². The van der Waals surface area contributed by atoms with Crippen molar-refractivity contribution in [2.24, 2.45) is 0 Å². The van der Waals surface area contributed by atoms with Crippen LogP contribution in [-0.4, -0.2) is 19.9 Å². The van der Waals surface area contributed by atoms with E-state index in [4.69, 9.17) is 15.5 Å². The lowest BCUT2D eigenvalue weighted by atomic mass is 9.96. The summed E-state index contributed by atoms with van der Waals surface area (Å²) >= 11 is 0. The Morgan fingerprint density at radius 1 is 0.862 bits per heavy atom. The molecule has 0 unspecified atom stereocenters. The average Bonchev–Trinajstić information content (AvgIpc) is 2.67. The largest absolute Gasteiger partial charge is 0.455 e. The van der Waals surface area contributed by atoms with Gasteiger partial charge in [0, 0.05) is 16.5 Å². The molecule has 146 valence electrons. The molecular weight excluding hydrogens is 362 g/mol. The molecule has 0 aliphatic rings. The molecule has 0 bridgehead atoms. The number of hydrogen-bond acceptors (Lipinski definition) is 6. The summed E-state index contributed by atoms with van der Waals surface area (Å²) in [5.74, 6) is 0.664. The third kappa shape index (κ3) is 3.74. The normalized spacial score (nSPS) is 12.1. The van der Waals surface area contributed by atoms with Gasteiger partial charge in [0.15, 0.2) is 0 Å². The van der Waals surface area contributed by atoms with Crippen molar-refractivity contribution in [1.29, 1.82) is 0 Å². The second-order valence-corrected chi connectivity index (χ2v) is 7.17. The maximum Gasteiger partial charge on any atom is 0.322 e. The first-order chi connectivity index (χ1) is 13.9. The molecule has 1 atom stereocenters. The van der Waals surface area contributed by atoms with Gasteiger partial charge in [0.05, 0.1) is 11.2 Å². The molecule has 0 aliphatic heterocycles. The molecule has 4 rings (SSSR count). The van der Waals surface area contributed by atoms with E-state index in [2.05, 4.69) is 59.1 Å². The van der Waals surface area contributed by atoms with E-state index in [1.54, 1.807) is 6.92 Å². The Morgan fingerprint density at radius 3 is 2.38 bits per heavy atom. The number of rotatable bonds is 4.